The summed E-state index contributed by atoms with van der Waals surface area (Å²) in [5.74, 6) is -0.345. The van der Waals surface area contributed by atoms with Gasteiger partial charge in [0.2, 0.25) is 0 Å². The fraction of sp³-hybridized carbons (Fsp3) is 0.294. The molecule has 0 aliphatic rings. The Labute approximate surface area is 127 Å². The quantitative estimate of drug-likeness (QED) is 0.826. The zero-order chi connectivity index (χ0) is 15.0. The molecule has 1 nitrogen and oxygen atoms in total. The zero-order valence-electron chi connectivity index (χ0n) is 12.1. The number of benzene rings is 2. The lowest BCUT2D eigenvalue weighted by Crippen LogP contribution is -2.08. The standard InChI is InChI=1S/C17H18BrFO/c1-9-7-10(2)12(4)16(11(9)3)17(20)14-8-13(19)5-6-15(14)18/h5-8,17,20H,1-4H3. The lowest BCUT2D eigenvalue weighted by Gasteiger charge is -2.21. The van der Waals surface area contributed by atoms with Crippen molar-refractivity contribution < 1.29 is 9.50 Å². The van der Waals surface area contributed by atoms with E-state index in [9.17, 15) is 9.50 Å². The maximum absolute atomic E-state index is 13.5. The molecule has 0 aromatic heterocycles. The van der Waals surface area contributed by atoms with E-state index in [1.165, 1.54) is 12.1 Å². The van der Waals surface area contributed by atoms with Crippen LogP contribution in [0, 0.1) is 33.5 Å². The van der Waals surface area contributed by atoms with Gasteiger partial charge < -0.3 is 5.11 Å². The van der Waals surface area contributed by atoms with Crippen LogP contribution >= 0.6 is 15.9 Å². The van der Waals surface area contributed by atoms with E-state index in [2.05, 4.69) is 22.0 Å². The minimum absolute atomic E-state index is 0.345. The fourth-order valence-electron chi connectivity index (χ4n) is 2.54. The molecular formula is C17H18BrFO. The van der Waals surface area contributed by atoms with Crippen molar-refractivity contribution >= 4 is 15.9 Å². The summed E-state index contributed by atoms with van der Waals surface area (Å²) < 4.78 is 14.2. The molecular weight excluding hydrogens is 319 g/mol. The van der Waals surface area contributed by atoms with E-state index in [1.807, 2.05) is 27.7 Å². The highest BCUT2D eigenvalue weighted by atomic mass is 79.9. The van der Waals surface area contributed by atoms with Gasteiger partial charge in [-0.1, -0.05) is 22.0 Å². The van der Waals surface area contributed by atoms with E-state index in [4.69, 9.17) is 0 Å². The second kappa shape index (κ2) is 5.66. The molecule has 0 heterocycles. The summed E-state index contributed by atoms with van der Waals surface area (Å²) in [6.07, 6.45) is -0.835. The summed E-state index contributed by atoms with van der Waals surface area (Å²) in [5.41, 5.74) is 5.80. The van der Waals surface area contributed by atoms with Gasteiger partial charge in [-0.15, -0.1) is 0 Å². The fourth-order valence-corrected chi connectivity index (χ4v) is 3.00. The highest BCUT2D eigenvalue weighted by molar-refractivity contribution is 9.10. The Morgan fingerprint density at radius 2 is 1.55 bits per heavy atom. The monoisotopic (exact) mass is 336 g/mol. The number of aliphatic hydroxyl groups excluding tert-OH is 1. The summed E-state index contributed by atoms with van der Waals surface area (Å²) in [6, 6.07) is 6.50. The van der Waals surface area contributed by atoms with Crippen molar-refractivity contribution in [2.24, 2.45) is 0 Å². The van der Waals surface area contributed by atoms with Crippen LogP contribution in [0.4, 0.5) is 4.39 Å². The average Bonchev–Trinajstić information content (AvgIpc) is 2.39. The van der Waals surface area contributed by atoms with Crippen LogP contribution < -0.4 is 0 Å². The second-order valence-electron chi connectivity index (χ2n) is 5.24. The van der Waals surface area contributed by atoms with E-state index in [1.54, 1.807) is 6.07 Å². The molecule has 0 fully saturated rings. The third-order valence-corrected chi connectivity index (χ3v) is 4.67. The second-order valence-corrected chi connectivity index (χ2v) is 6.10. The van der Waals surface area contributed by atoms with Gasteiger partial charge in [0.1, 0.15) is 11.9 Å². The van der Waals surface area contributed by atoms with Crippen LogP contribution in [0.15, 0.2) is 28.7 Å². The minimum atomic E-state index is -0.835. The molecule has 0 amide bonds. The van der Waals surface area contributed by atoms with Crippen molar-refractivity contribution in [1.82, 2.24) is 0 Å². The molecule has 0 spiro atoms. The number of rotatable bonds is 2. The number of aryl methyl sites for hydroxylation is 2. The number of halogens is 2. The zero-order valence-corrected chi connectivity index (χ0v) is 13.7. The predicted molar refractivity (Wildman–Crippen MR) is 83.6 cm³/mol. The van der Waals surface area contributed by atoms with Crippen LogP contribution in [0.5, 0.6) is 0 Å². The Kier molecular flexibility index (Phi) is 4.31. The molecule has 1 N–H and O–H groups in total. The van der Waals surface area contributed by atoms with Crippen LogP contribution in [0.2, 0.25) is 0 Å². The van der Waals surface area contributed by atoms with Crippen molar-refractivity contribution in [1.29, 1.82) is 0 Å². The number of hydrogen-bond donors (Lipinski definition) is 1. The summed E-state index contributed by atoms with van der Waals surface area (Å²) in [7, 11) is 0. The lowest BCUT2D eigenvalue weighted by molar-refractivity contribution is 0.217. The number of aliphatic hydroxyl groups is 1. The van der Waals surface area contributed by atoms with Crippen LogP contribution in [0.25, 0.3) is 0 Å². The Morgan fingerprint density at radius 3 is 2.10 bits per heavy atom. The van der Waals surface area contributed by atoms with Crippen LogP contribution in [-0.4, -0.2) is 5.11 Å². The Balaban J connectivity index is 2.65. The molecule has 1 atom stereocenters. The molecule has 20 heavy (non-hydrogen) atoms. The van der Waals surface area contributed by atoms with Crippen molar-refractivity contribution in [2.45, 2.75) is 33.8 Å². The summed E-state index contributed by atoms with van der Waals surface area (Å²) in [5, 5.41) is 10.7. The van der Waals surface area contributed by atoms with E-state index in [0.29, 0.717) is 10.0 Å². The van der Waals surface area contributed by atoms with Gasteiger partial charge in [-0.2, -0.15) is 0 Å². The molecule has 1 unspecified atom stereocenters. The Morgan fingerprint density at radius 1 is 1.00 bits per heavy atom. The SMILES string of the molecule is Cc1cc(C)c(C)c(C(O)c2cc(F)ccc2Br)c1C. The topological polar surface area (TPSA) is 20.2 Å². The van der Waals surface area contributed by atoms with E-state index >= 15 is 0 Å². The van der Waals surface area contributed by atoms with Crippen molar-refractivity contribution in [3.8, 4) is 0 Å². The maximum Gasteiger partial charge on any atom is 0.123 e. The van der Waals surface area contributed by atoms with Crippen LogP contribution in [-0.2, 0) is 0 Å². The largest absolute Gasteiger partial charge is 0.384 e. The van der Waals surface area contributed by atoms with Crippen molar-refractivity contribution in [3.63, 3.8) is 0 Å². The first-order valence-corrected chi connectivity index (χ1v) is 7.32. The summed E-state index contributed by atoms with van der Waals surface area (Å²) in [4.78, 5) is 0. The molecule has 0 saturated heterocycles. The molecule has 106 valence electrons. The van der Waals surface area contributed by atoms with Gasteiger partial charge in [0.05, 0.1) is 0 Å². The maximum atomic E-state index is 13.5. The molecule has 0 radical (unpaired) electrons. The van der Waals surface area contributed by atoms with Crippen molar-refractivity contribution in [3.05, 3.63) is 67.9 Å². The molecule has 0 bridgehead atoms. The first-order chi connectivity index (χ1) is 9.32. The third-order valence-electron chi connectivity index (χ3n) is 3.95. The Hall–Kier alpha value is -1.19. The van der Waals surface area contributed by atoms with Gasteiger partial charge in [0, 0.05) is 10.0 Å². The van der Waals surface area contributed by atoms with Gasteiger partial charge in [0.25, 0.3) is 0 Å². The molecule has 2 aromatic carbocycles. The van der Waals surface area contributed by atoms with E-state index in [-0.39, 0.29) is 5.82 Å². The van der Waals surface area contributed by atoms with Gasteiger partial charge in [-0.05, 0) is 73.7 Å². The Bertz CT molecular complexity index is 638. The normalized spacial score (nSPS) is 12.6. The van der Waals surface area contributed by atoms with Gasteiger partial charge in [-0.3, -0.25) is 0 Å². The van der Waals surface area contributed by atoms with Crippen molar-refractivity contribution in [2.75, 3.05) is 0 Å². The first-order valence-electron chi connectivity index (χ1n) is 6.53. The van der Waals surface area contributed by atoms with Gasteiger partial charge in [0.15, 0.2) is 0 Å². The van der Waals surface area contributed by atoms with E-state index < -0.39 is 6.10 Å². The highest BCUT2D eigenvalue weighted by Gasteiger charge is 2.20. The first kappa shape index (κ1) is 15.2. The van der Waals surface area contributed by atoms with Gasteiger partial charge >= 0.3 is 0 Å². The highest BCUT2D eigenvalue weighted by Crippen LogP contribution is 2.34. The predicted octanol–water partition coefficient (Wildman–Crippen LogP) is 4.90. The molecule has 0 aliphatic heterocycles. The molecule has 0 aliphatic carbocycles. The van der Waals surface area contributed by atoms with Gasteiger partial charge in [-0.25, -0.2) is 4.39 Å². The molecule has 3 heteroatoms. The summed E-state index contributed by atoms with van der Waals surface area (Å²) >= 11 is 3.39. The average molecular weight is 337 g/mol. The molecule has 2 rings (SSSR count). The molecule has 2 aromatic rings. The number of hydrogen-bond acceptors (Lipinski definition) is 1. The molecule has 0 saturated carbocycles. The van der Waals surface area contributed by atoms with E-state index in [0.717, 1.165) is 27.8 Å². The lowest BCUT2D eigenvalue weighted by atomic mass is 9.88. The summed E-state index contributed by atoms with van der Waals surface area (Å²) in [6.45, 7) is 8.04. The minimum Gasteiger partial charge on any atom is -0.384 e. The van der Waals surface area contributed by atoms with Crippen LogP contribution in [0.3, 0.4) is 0 Å². The van der Waals surface area contributed by atoms with Crippen LogP contribution in [0.1, 0.15) is 39.5 Å². The third kappa shape index (κ3) is 2.65. The smallest absolute Gasteiger partial charge is 0.123 e.